The van der Waals surface area contributed by atoms with E-state index in [2.05, 4.69) is 16.1 Å². The molecule has 0 saturated heterocycles. The fourth-order valence-corrected chi connectivity index (χ4v) is 2.39. The molecule has 0 radical (unpaired) electrons. The molecule has 2 aliphatic rings. The summed E-state index contributed by atoms with van der Waals surface area (Å²) in [6, 6.07) is 1.32. The van der Waals surface area contributed by atoms with E-state index >= 15 is 0 Å². The molecule has 4 heteroatoms. The molecule has 0 bridgehead atoms. The normalized spacial score (nSPS) is 27.9. The lowest BCUT2D eigenvalue weighted by molar-refractivity contribution is 0.325. The Bertz CT molecular complexity index is 213. The summed E-state index contributed by atoms with van der Waals surface area (Å²) < 4.78 is 0. The van der Waals surface area contributed by atoms with E-state index in [1.165, 1.54) is 25.0 Å². The SMILES string of the molecule is CSCCC1CN=C(N)N1C1CC1. The molecule has 2 rings (SSSR count). The minimum atomic E-state index is 0.597. The Hall–Kier alpha value is -0.380. The van der Waals surface area contributed by atoms with Gasteiger partial charge in [-0.1, -0.05) is 0 Å². The van der Waals surface area contributed by atoms with Gasteiger partial charge in [0.05, 0.1) is 12.6 Å². The molecule has 1 aliphatic carbocycles. The van der Waals surface area contributed by atoms with Crippen molar-refractivity contribution in [2.45, 2.75) is 31.3 Å². The van der Waals surface area contributed by atoms with Gasteiger partial charge in [-0.15, -0.1) is 0 Å². The van der Waals surface area contributed by atoms with Gasteiger partial charge < -0.3 is 10.6 Å². The summed E-state index contributed by atoms with van der Waals surface area (Å²) in [6.07, 6.45) is 6.00. The van der Waals surface area contributed by atoms with Crippen LogP contribution < -0.4 is 5.73 Å². The molecule has 1 saturated carbocycles. The molecular weight excluding hydrogens is 182 g/mol. The molecule has 1 heterocycles. The standard InChI is InChI=1S/C9H17N3S/c1-13-5-4-8-6-11-9(10)12(8)7-2-3-7/h7-8H,2-6H2,1H3,(H2,10,11). The molecule has 2 N–H and O–H groups in total. The third kappa shape index (κ3) is 1.93. The van der Waals surface area contributed by atoms with Gasteiger partial charge in [0.25, 0.3) is 0 Å². The molecule has 3 nitrogen and oxygen atoms in total. The van der Waals surface area contributed by atoms with E-state index in [-0.39, 0.29) is 0 Å². The van der Waals surface area contributed by atoms with Crippen LogP contribution in [0.15, 0.2) is 4.99 Å². The van der Waals surface area contributed by atoms with Gasteiger partial charge in [0.2, 0.25) is 0 Å². The Kier molecular flexibility index (Phi) is 2.67. The van der Waals surface area contributed by atoms with Crippen molar-refractivity contribution < 1.29 is 0 Å². The Morgan fingerprint density at radius 3 is 3.00 bits per heavy atom. The van der Waals surface area contributed by atoms with E-state index in [0.717, 1.165) is 18.5 Å². The molecule has 1 fully saturated rings. The first-order chi connectivity index (χ1) is 6.33. The lowest BCUT2D eigenvalue weighted by atomic mass is 10.2. The summed E-state index contributed by atoms with van der Waals surface area (Å²) in [5, 5.41) is 0. The second kappa shape index (κ2) is 3.78. The van der Waals surface area contributed by atoms with Crippen LogP contribution in [0.3, 0.4) is 0 Å². The zero-order chi connectivity index (χ0) is 9.26. The molecule has 1 aliphatic heterocycles. The van der Waals surface area contributed by atoms with Gasteiger partial charge in [-0.25, -0.2) is 0 Å². The van der Waals surface area contributed by atoms with E-state index in [9.17, 15) is 0 Å². The summed E-state index contributed by atoms with van der Waals surface area (Å²) >= 11 is 1.91. The van der Waals surface area contributed by atoms with Gasteiger partial charge in [-0.05, 0) is 31.3 Å². The highest BCUT2D eigenvalue weighted by Gasteiger charge is 2.37. The quantitative estimate of drug-likeness (QED) is 0.731. The Labute approximate surface area is 83.8 Å². The van der Waals surface area contributed by atoms with Crippen molar-refractivity contribution in [3.8, 4) is 0 Å². The molecule has 13 heavy (non-hydrogen) atoms. The first kappa shape index (κ1) is 9.19. The average molecular weight is 199 g/mol. The van der Waals surface area contributed by atoms with Crippen molar-refractivity contribution in [3.05, 3.63) is 0 Å². The number of aliphatic imine (C=N–C) groups is 1. The monoisotopic (exact) mass is 199 g/mol. The maximum Gasteiger partial charge on any atom is 0.191 e. The van der Waals surface area contributed by atoms with E-state index in [1.807, 2.05) is 11.8 Å². The molecule has 1 atom stereocenters. The summed E-state index contributed by atoms with van der Waals surface area (Å²) in [7, 11) is 0. The Morgan fingerprint density at radius 1 is 1.62 bits per heavy atom. The molecule has 0 aromatic carbocycles. The van der Waals surface area contributed by atoms with Crippen molar-refractivity contribution in [3.63, 3.8) is 0 Å². The van der Waals surface area contributed by atoms with Crippen LogP contribution in [0.4, 0.5) is 0 Å². The fraction of sp³-hybridized carbons (Fsp3) is 0.889. The minimum Gasteiger partial charge on any atom is -0.370 e. The Balaban J connectivity index is 1.89. The first-order valence-corrected chi connectivity index (χ1v) is 6.29. The largest absolute Gasteiger partial charge is 0.370 e. The van der Waals surface area contributed by atoms with E-state index in [4.69, 9.17) is 5.73 Å². The van der Waals surface area contributed by atoms with Crippen LogP contribution in [-0.4, -0.2) is 41.5 Å². The lowest BCUT2D eigenvalue weighted by Crippen LogP contribution is -2.42. The number of nitrogens with two attached hydrogens (primary N) is 1. The smallest absolute Gasteiger partial charge is 0.191 e. The van der Waals surface area contributed by atoms with Crippen molar-refractivity contribution in [2.75, 3.05) is 18.6 Å². The fourth-order valence-electron chi connectivity index (χ4n) is 1.88. The van der Waals surface area contributed by atoms with Gasteiger partial charge in [0, 0.05) is 6.04 Å². The predicted octanol–water partition coefficient (Wildman–Crippen LogP) is 0.901. The molecule has 0 spiro atoms. The Morgan fingerprint density at radius 2 is 2.38 bits per heavy atom. The van der Waals surface area contributed by atoms with Crippen LogP contribution in [0.25, 0.3) is 0 Å². The highest BCUT2D eigenvalue weighted by Crippen LogP contribution is 2.31. The maximum absolute atomic E-state index is 5.85. The van der Waals surface area contributed by atoms with E-state index in [0.29, 0.717) is 6.04 Å². The highest BCUT2D eigenvalue weighted by atomic mass is 32.2. The van der Waals surface area contributed by atoms with Crippen LogP contribution in [0.2, 0.25) is 0 Å². The van der Waals surface area contributed by atoms with Crippen molar-refractivity contribution >= 4 is 17.7 Å². The third-order valence-electron chi connectivity index (χ3n) is 2.72. The summed E-state index contributed by atoms with van der Waals surface area (Å²) in [5.74, 6) is 2.00. The number of guanidine groups is 1. The number of rotatable bonds is 4. The molecule has 0 amide bonds. The van der Waals surface area contributed by atoms with E-state index in [1.54, 1.807) is 0 Å². The van der Waals surface area contributed by atoms with Gasteiger partial charge in [-0.3, -0.25) is 4.99 Å². The van der Waals surface area contributed by atoms with Gasteiger partial charge >= 0.3 is 0 Å². The summed E-state index contributed by atoms with van der Waals surface area (Å²) in [6.45, 7) is 0.920. The van der Waals surface area contributed by atoms with Crippen molar-refractivity contribution in [1.29, 1.82) is 0 Å². The van der Waals surface area contributed by atoms with Crippen LogP contribution in [-0.2, 0) is 0 Å². The van der Waals surface area contributed by atoms with Gasteiger partial charge in [-0.2, -0.15) is 11.8 Å². The molecule has 1 unspecified atom stereocenters. The summed E-state index contributed by atoms with van der Waals surface area (Å²) in [5.41, 5.74) is 5.85. The average Bonchev–Trinajstić information content (AvgIpc) is 2.88. The topological polar surface area (TPSA) is 41.6 Å². The van der Waals surface area contributed by atoms with Crippen LogP contribution in [0.1, 0.15) is 19.3 Å². The molecule has 0 aromatic rings. The van der Waals surface area contributed by atoms with Crippen molar-refractivity contribution in [1.82, 2.24) is 4.90 Å². The van der Waals surface area contributed by atoms with Crippen LogP contribution in [0.5, 0.6) is 0 Å². The zero-order valence-electron chi connectivity index (χ0n) is 8.07. The van der Waals surface area contributed by atoms with Gasteiger partial charge in [0.1, 0.15) is 0 Å². The number of hydrogen-bond acceptors (Lipinski definition) is 4. The second-order valence-electron chi connectivity index (χ2n) is 3.77. The molecular formula is C9H17N3S. The zero-order valence-corrected chi connectivity index (χ0v) is 8.89. The van der Waals surface area contributed by atoms with E-state index < -0.39 is 0 Å². The number of thioether (sulfide) groups is 1. The van der Waals surface area contributed by atoms with Crippen LogP contribution in [0, 0.1) is 0 Å². The maximum atomic E-state index is 5.85. The minimum absolute atomic E-state index is 0.597. The number of nitrogens with zero attached hydrogens (tertiary/aromatic N) is 2. The summed E-state index contributed by atoms with van der Waals surface area (Å²) in [4.78, 5) is 6.67. The third-order valence-corrected chi connectivity index (χ3v) is 3.36. The first-order valence-electron chi connectivity index (χ1n) is 4.90. The number of hydrogen-bond donors (Lipinski definition) is 1. The van der Waals surface area contributed by atoms with Crippen molar-refractivity contribution in [2.24, 2.45) is 10.7 Å². The lowest BCUT2D eigenvalue weighted by Gasteiger charge is -2.25. The second-order valence-corrected chi connectivity index (χ2v) is 4.76. The van der Waals surface area contributed by atoms with Gasteiger partial charge in [0.15, 0.2) is 5.96 Å². The highest BCUT2D eigenvalue weighted by molar-refractivity contribution is 7.98. The predicted molar refractivity (Wildman–Crippen MR) is 58.1 cm³/mol. The molecule has 0 aromatic heterocycles. The molecule has 74 valence electrons. The van der Waals surface area contributed by atoms with Crippen LogP contribution >= 0.6 is 11.8 Å².